The highest BCUT2D eigenvalue weighted by molar-refractivity contribution is 7.89. The predicted molar refractivity (Wildman–Crippen MR) is 124 cm³/mol. The summed E-state index contributed by atoms with van der Waals surface area (Å²) >= 11 is 0. The second-order valence-corrected chi connectivity index (χ2v) is 9.60. The lowest BCUT2D eigenvalue weighted by atomic mass is 10.1. The van der Waals surface area contributed by atoms with Gasteiger partial charge in [0, 0.05) is 37.8 Å². The first kappa shape index (κ1) is 23.1. The number of piperazine rings is 1. The molecule has 0 N–H and O–H groups in total. The number of carbonyl (C=O) groups is 1. The zero-order chi connectivity index (χ0) is 23.4. The van der Waals surface area contributed by atoms with Gasteiger partial charge in [0.05, 0.1) is 23.7 Å². The molecule has 2 aliphatic rings. The molecule has 0 bridgehead atoms. The van der Waals surface area contributed by atoms with Gasteiger partial charge in [-0.05, 0) is 38.1 Å². The normalized spacial score (nSPS) is 16.4. The van der Waals surface area contributed by atoms with Gasteiger partial charge in [0.2, 0.25) is 10.0 Å². The van der Waals surface area contributed by atoms with Crippen LogP contribution in [0, 0.1) is 0 Å². The van der Waals surface area contributed by atoms with Crippen molar-refractivity contribution in [1.29, 1.82) is 0 Å². The van der Waals surface area contributed by atoms with Gasteiger partial charge in [0.1, 0.15) is 12.4 Å². The van der Waals surface area contributed by atoms with Crippen LogP contribution in [0.3, 0.4) is 0 Å². The van der Waals surface area contributed by atoms with Crippen molar-refractivity contribution >= 4 is 22.0 Å². The lowest BCUT2D eigenvalue weighted by Gasteiger charge is -2.35. The van der Waals surface area contributed by atoms with Gasteiger partial charge in [-0.25, -0.2) is 8.42 Å². The third-order valence-corrected chi connectivity index (χ3v) is 7.48. The van der Waals surface area contributed by atoms with Gasteiger partial charge in [-0.15, -0.1) is 0 Å². The molecule has 0 saturated carbocycles. The van der Waals surface area contributed by atoms with Crippen molar-refractivity contribution in [3.05, 3.63) is 53.6 Å². The van der Waals surface area contributed by atoms with Crippen LogP contribution in [-0.2, 0) is 14.8 Å². The van der Waals surface area contributed by atoms with Gasteiger partial charge in [0.25, 0.3) is 5.91 Å². The molecule has 4 rings (SSSR count). The standard InChI is InChI=1S/C24H28N2O6S/c1-3-30-22-10-9-20(16-23(22)31-4-2)33(28,29)26-13-11-25(12-14-26)24(27)19-15-18-7-5-6-8-21(18)32-17-19/h5-10,15-16H,3-4,11-14,17H2,1-2H3. The number of carbonyl (C=O) groups excluding carboxylic acids is 1. The second kappa shape index (κ2) is 9.84. The minimum atomic E-state index is -3.73. The van der Waals surface area contributed by atoms with Crippen molar-refractivity contribution in [2.24, 2.45) is 0 Å². The molecule has 0 aliphatic carbocycles. The number of amides is 1. The molecule has 1 amide bonds. The first-order chi connectivity index (χ1) is 15.9. The minimum absolute atomic E-state index is 0.124. The second-order valence-electron chi connectivity index (χ2n) is 7.67. The van der Waals surface area contributed by atoms with E-state index in [1.54, 1.807) is 11.0 Å². The van der Waals surface area contributed by atoms with Crippen molar-refractivity contribution in [3.8, 4) is 17.2 Å². The number of hydrogen-bond acceptors (Lipinski definition) is 6. The highest BCUT2D eigenvalue weighted by Gasteiger charge is 2.32. The summed E-state index contributed by atoms with van der Waals surface area (Å²) in [4.78, 5) is 14.8. The van der Waals surface area contributed by atoms with Crippen molar-refractivity contribution in [2.75, 3.05) is 46.0 Å². The first-order valence-corrected chi connectivity index (χ1v) is 12.5. The van der Waals surface area contributed by atoms with Gasteiger partial charge in [-0.2, -0.15) is 4.31 Å². The average molecular weight is 473 g/mol. The Labute approximate surface area is 194 Å². The summed E-state index contributed by atoms with van der Waals surface area (Å²) in [6, 6.07) is 12.2. The highest BCUT2D eigenvalue weighted by atomic mass is 32.2. The maximum atomic E-state index is 13.2. The van der Waals surface area contributed by atoms with E-state index in [0.717, 1.165) is 11.3 Å². The summed E-state index contributed by atoms with van der Waals surface area (Å²) in [6.07, 6.45) is 1.85. The van der Waals surface area contributed by atoms with Gasteiger partial charge < -0.3 is 19.1 Å². The van der Waals surface area contributed by atoms with Crippen molar-refractivity contribution in [1.82, 2.24) is 9.21 Å². The number of hydrogen-bond donors (Lipinski definition) is 0. The molecule has 8 nitrogen and oxygen atoms in total. The van der Waals surface area contributed by atoms with E-state index >= 15 is 0 Å². The Morgan fingerprint density at radius 1 is 0.970 bits per heavy atom. The monoisotopic (exact) mass is 472 g/mol. The fraction of sp³-hybridized carbons (Fsp3) is 0.375. The van der Waals surface area contributed by atoms with Crippen LogP contribution in [0.5, 0.6) is 17.2 Å². The quantitative estimate of drug-likeness (QED) is 0.616. The Kier molecular flexibility index (Phi) is 6.90. The predicted octanol–water partition coefficient (Wildman–Crippen LogP) is 2.79. The molecule has 33 heavy (non-hydrogen) atoms. The molecule has 2 aliphatic heterocycles. The minimum Gasteiger partial charge on any atom is -0.490 e. The van der Waals surface area contributed by atoms with Crippen LogP contribution in [0.4, 0.5) is 0 Å². The average Bonchev–Trinajstić information content (AvgIpc) is 2.84. The van der Waals surface area contributed by atoms with E-state index in [0.29, 0.717) is 43.4 Å². The zero-order valence-corrected chi connectivity index (χ0v) is 19.6. The molecule has 9 heteroatoms. The Morgan fingerprint density at radius 2 is 1.67 bits per heavy atom. The smallest absolute Gasteiger partial charge is 0.253 e. The largest absolute Gasteiger partial charge is 0.490 e. The molecule has 1 fully saturated rings. The highest BCUT2D eigenvalue weighted by Crippen LogP contribution is 2.32. The number of fused-ring (bicyclic) bond motifs is 1. The lowest BCUT2D eigenvalue weighted by molar-refractivity contribution is -0.128. The topological polar surface area (TPSA) is 85.4 Å². The summed E-state index contributed by atoms with van der Waals surface area (Å²) in [6.45, 7) is 5.81. The molecule has 176 valence electrons. The van der Waals surface area contributed by atoms with Gasteiger partial charge in [-0.3, -0.25) is 4.79 Å². The summed E-state index contributed by atoms with van der Waals surface area (Å²) in [7, 11) is -3.73. The van der Waals surface area contributed by atoms with E-state index in [4.69, 9.17) is 14.2 Å². The van der Waals surface area contributed by atoms with Crippen LogP contribution < -0.4 is 14.2 Å². The van der Waals surface area contributed by atoms with Gasteiger partial charge >= 0.3 is 0 Å². The van der Waals surface area contributed by atoms with Crippen molar-refractivity contribution < 1.29 is 27.4 Å². The van der Waals surface area contributed by atoms with E-state index in [2.05, 4.69) is 0 Å². The van der Waals surface area contributed by atoms with E-state index in [1.807, 2.05) is 44.2 Å². The number of ether oxygens (including phenoxy) is 3. The van der Waals surface area contributed by atoms with E-state index < -0.39 is 10.0 Å². The molecule has 1 saturated heterocycles. The van der Waals surface area contributed by atoms with Gasteiger partial charge in [-0.1, -0.05) is 18.2 Å². The summed E-state index contributed by atoms with van der Waals surface area (Å²) in [5, 5.41) is 0. The Hall–Kier alpha value is -3.04. The molecular weight excluding hydrogens is 444 g/mol. The van der Waals surface area contributed by atoms with Crippen LogP contribution in [0.15, 0.2) is 52.9 Å². The molecule has 0 atom stereocenters. The third-order valence-electron chi connectivity index (χ3n) is 5.59. The lowest BCUT2D eigenvalue weighted by Crippen LogP contribution is -2.51. The fourth-order valence-corrected chi connectivity index (χ4v) is 5.35. The van der Waals surface area contributed by atoms with Crippen LogP contribution in [-0.4, -0.2) is 69.5 Å². The third kappa shape index (κ3) is 4.84. The fourth-order valence-electron chi connectivity index (χ4n) is 3.92. The number of sulfonamides is 1. The van der Waals surface area contributed by atoms with E-state index in [9.17, 15) is 13.2 Å². The molecule has 2 heterocycles. The Balaban J connectivity index is 1.45. The Morgan fingerprint density at radius 3 is 2.39 bits per heavy atom. The van der Waals surface area contributed by atoms with Crippen molar-refractivity contribution in [2.45, 2.75) is 18.7 Å². The molecule has 2 aromatic rings. The molecule has 0 unspecified atom stereocenters. The molecule has 0 aromatic heterocycles. The first-order valence-electron chi connectivity index (χ1n) is 11.1. The van der Waals surface area contributed by atoms with Crippen LogP contribution >= 0.6 is 0 Å². The van der Waals surface area contributed by atoms with Crippen molar-refractivity contribution in [3.63, 3.8) is 0 Å². The van der Waals surface area contributed by atoms with Gasteiger partial charge in [0.15, 0.2) is 11.5 Å². The number of para-hydroxylation sites is 1. The molecule has 0 radical (unpaired) electrons. The molecule has 2 aromatic carbocycles. The van der Waals surface area contributed by atoms with Crippen LogP contribution in [0.2, 0.25) is 0 Å². The SMILES string of the molecule is CCOc1ccc(S(=O)(=O)N2CCN(C(=O)C3=Cc4ccccc4OC3)CC2)cc1OCC. The maximum Gasteiger partial charge on any atom is 0.253 e. The van der Waals surface area contributed by atoms with Crippen LogP contribution in [0.25, 0.3) is 6.08 Å². The number of benzene rings is 2. The number of nitrogens with zero attached hydrogens (tertiary/aromatic N) is 2. The summed E-state index contributed by atoms with van der Waals surface area (Å²) in [5.41, 5.74) is 1.44. The summed E-state index contributed by atoms with van der Waals surface area (Å²) in [5.74, 6) is 1.55. The number of rotatable bonds is 7. The molecule has 0 spiro atoms. The maximum absolute atomic E-state index is 13.2. The van der Waals surface area contributed by atoms with E-state index in [-0.39, 0.29) is 30.5 Å². The van der Waals surface area contributed by atoms with E-state index in [1.165, 1.54) is 16.4 Å². The molecular formula is C24H28N2O6S. The zero-order valence-electron chi connectivity index (χ0n) is 18.8. The Bertz CT molecular complexity index is 1150. The summed E-state index contributed by atoms with van der Waals surface area (Å²) < 4.78 is 44.7. The van der Waals surface area contributed by atoms with Crippen LogP contribution in [0.1, 0.15) is 19.4 Å².